The van der Waals surface area contributed by atoms with E-state index in [1.54, 1.807) is 7.11 Å². The zero-order valence-electron chi connectivity index (χ0n) is 15.9. The second-order valence-corrected chi connectivity index (χ2v) is 7.06. The van der Waals surface area contributed by atoms with Gasteiger partial charge in [-0.3, -0.25) is 4.79 Å². The number of methoxy groups -OCH3 is 1. The second-order valence-electron chi connectivity index (χ2n) is 7.06. The van der Waals surface area contributed by atoms with Crippen LogP contribution >= 0.6 is 0 Å². The van der Waals surface area contributed by atoms with Crippen molar-refractivity contribution in [2.24, 2.45) is 0 Å². The number of para-hydroxylation sites is 1. The molecule has 0 saturated carbocycles. The van der Waals surface area contributed by atoms with E-state index in [2.05, 4.69) is 41.4 Å². The van der Waals surface area contributed by atoms with E-state index in [1.807, 2.05) is 25.1 Å². The lowest BCUT2D eigenvalue weighted by molar-refractivity contribution is -0.120. The SMILES string of the molecule is COc1ccc(CC(=O)NCCCN2c3ccccc3CC2C)cc1C. The molecule has 2 aromatic carbocycles. The topological polar surface area (TPSA) is 41.6 Å². The van der Waals surface area contributed by atoms with Crippen LogP contribution in [0.15, 0.2) is 42.5 Å². The Morgan fingerprint density at radius 2 is 2.08 bits per heavy atom. The van der Waals surface area contributed by atoms with Gasteiger partial charge in [-0.05, 0) is 55.5 Å². The van der Waals surface area contributed by atoms with Crippen molar-refractivity contribution < 1.29 is 9.53 Å². The molecule has 3 rings (SSSR count). The van der Waals surface area contributed by atoms with Crippen LogP contribution in [0.25, 0.3) is 0 Å². The van der Waals surface area contributed by atoms with E-state index in [9.17, 15) is 4.79 Å². The van der Waals surface area contributed by atoms with Gasteiger partial charge in [-0.15, -0.1) is 0 Å². The third-order valence-electron chi connectivity index (χ3n) is 5.07. The first-order valence-corrected chi connectivity index (χ1v) is 9.33. The molecule has 26 heavy (non-hydrogen) atoms. The van der Waals surface area contributed by atoms with Gasteiger partial charge in [0.25, 0.3) is 0 Å². The van der Waals surface area contributed by atoms with Crippen molar-refractivity contribution in [3.63, 3.8) is 0 Å². The molecule has 1 aliphatic heterocycles. The van der Waals surface area contributed by atoms with Gasteiger partial charge >= 0.3 is 0 Å². The molecule has 1 atom stereocenters. The summed E-state index contributed by atoms with van der Waals surface area (Å²) < 4.78 is 5.26. The van der Waals surface area contributed by atoms with E-state index in [1.165, 1.54) is 11.3 Å². The molecule has 0 aliphatic carbocycles. The van der Waals surface area contributed by atoms with E-state index in [4.69, 9.17) is 4.74 Å². The maximum absolute atomic E-state index is 12.2. The van der Waals surface area contributed by atoms with Gasteiger partial charge in [0.1, 0.15) is 5.75 Å². The number of fused-ring (bicyclic) bond motifs is 1. The number of hydrogen-bond donors (Lipinski definition) is 1. The van der Waals surface area contributed by atoms with Gasteiger partial charge in [0.15, 0.2) is 0 Å². The third-order valence-corrected chi connectivity index (χ3v) is 5.07. The minimum absolute atomic E-state index is 0.0736. The van der Waals surface area contributed by atoms with E-state index in [0.29, 0.717) is 19.0 Å². The van der Waals surface area contributed by atoms with Crippen LogP contribution in [-0.2, 0) is 17.6 Å². The quantitative estimate of drug-likeness (QED) is 0.776. The fourth-order valence-corrected chi connectivity index (χ4v) is 3.75. The summed E-state index contributed by atoms with van der Waals surface area (Å²) in [6, 6.07) is 15.0. The molecule has 4 nitrogen and oxygen atoms in total. The van der Waals surface area contributed by atoms with E-state index >= 15 is 0 Å². The number of carbonyl (C=O) groups is 1. The third kappa shape index (κ3) is 4.18. The van der Waals surface area contributed by atoms with Crippen molar-refractivity contribution in [2.75, 3.05) is 25.1 Å². The molecular formula is C22H28N2O2. The average molecular weight is 352 g/mol. The lowest BCUT2D eigenvalue weighted by atomic mass is 10.1. The van der Waals surface area contributed by atoms with Crippen molar-refractivity contribution in [1.82, 2.24) is 5.32 Å². The Kier molecular flexibility index (Phi) is 5.82. The summed E-state index contributed by atoms with van der Waals surface area (Å²) >= 11 is 0. The number of aryl methyl sites for hydroxylation is 1. The smallest absolute Gasteiger partial charge is 0.224 e. The fraction of sp³-hybridized carbons (Fsp3) is 0.409. The minimum Gasteiger partial charge on any atom is -0.496 e. The lowest BCUT2D eigenvalue weighted by Gasteiger charge is -2.24. The van der Waals surface area contributed by atoms with Crippen LogP contribution in [0.1, 0.15) is 30.0 Å². The Hall–Kier alpha value is -2.49. The van der Waals surface area contributed by atoms with Gasteiger partial charge in [-0.2, -0.15) is 0 Å². The van der Waals surface area contributed by atoms with Crippen LogP contribution in [0.4, 0.5) is 5.69 Å². The lowest BCUT2D eigenvalue weighted by Crippen LogP contribution is -2.33. The molecule has 0 bridgehead atoms. The van der Waals surface area contributed by atoms with Gasteiger partial charge in [0.05, 0.1) is 13.5 Å². The summed E-state index contributed by atoms with van der Waals surface area (Å²) in [5, 5.41) is 3.05. The molecular weight excluding hydrogens is 324 g/mol. The fourth-order valence-electron chi connectivity index (χ4n) is 3.75. The predicted octanol–water partition coefficient (Wildman–Crippen LogP) is 3.50. The number of nitrogens with one attached hydrogen (secondary N) is 1. The van der Waals surface area contributed by atoms with Crippen molar-refractivity contribution >= 4 is 11.6 Å². The molecule has 1 aliphatic rings. The molecule has 2 aromatic rings. The summed E-state index contributed by atoms with van der Waals surface area (Å²) in [4.78, 5) is 14.6. The van der Waals surface area contributed by atoms with Crippen LogP contribution in [0, 0.1) is 6.92 Å². The van der Waals surface area contributed by atoms with Gasteiger partial charge in [-0.1, -0.05) is 30.3 Å². The number of benzene rings is 2. The molecule has 0 aromatic heterocycles. The number of carbonyl (C=O) groups excluding carboxylic acids is 1. The van der Waals surface area contributed by atoms with Crippen molar-refractivity contribution in [3.05, 3.63) is 59.2 Å². The Morgan fingerprint density at radius 1 is 1.27 bits per heavy atom. The highest BCUT2D eigenvalue weighted by Gasteiger charge is 2.24. The molecule has 4 heteroatoms. The Bertz CT molecular complexity index is 772. The number of anilines is 1. The Labute approximate surface area is 156 Å². The van der Waals surface area contributed by atoms with Gasteiger partial charge in [0.2, 0.25) is 5.91 Å². The molecule has 138 valence electrons. The molecule has 1 unspecified atom stereocenters. The predicted molar refractivity (Wildman–Crippen MR) is 106 cm³/mol. The number of rotatable bonds is 7. The monoisotopic (exact) mass is 352 g/mol. The molecule has 1 heterocycles. The largest absolute Gasteiger partial charge is 0.496 e. The van der Waals surface area contributed by atoms with Gasteiger partial charge in [-0.25, -0.2) is 0 Å². The highest BCUT2D eigenvalue weighted by Crippen LogP contribution is 2.31. The van der Waals surface area contributed by atoms with Crippen LogP contribution in [-0.4, -0.2) is 32.1 Å². The van der Waals surface area contributed by atoms with E-state index < -0.39 is 0 Å². The number of ether oxygens (including phenoxy) is 1. The van der Waals surface area contributed by atoms with Crippen molar-refractivity contribution in [3.8, 4) is 5.75 Å². The number of nitrogens with zero attached hydrogens (tertiary/aromatic N) is 1. The highest BCUT2D eigenvalue weighted by atomic mass is 16.5. The summed E-state index contributed by atoms with van der Waals surface area (Å²) in [5.74, 6) is 0.929. The molecule has 0 saturated heterocycles. The first kappa shape index (κ1) is 18.3. The number of amides is 1. The van der Waals surface area contributed by atoms with Gasteiger partial charge < -0.3 is 15.0 Å². The van der Waals surface area contributed by atoms with Crippen LogP contribution in [0.2, 0.25) is 0 Å². The first-order chi connectivity index (χ1) is 12.6. The molecule has 0 fully saturated rings. The van der Waals surface area contributed by atoms with Crippen molar-refractivity contribution in [2.45, 2.75) is 39.2 Å². The van der Waals surface area contributed by atoms with Crippen molar-refractivity contribution in [1.29, 1.82) is 0 Å². The summed E-state index contributed by atoms with van der Waals surface area (Å²) in [7, 11) is 1.66. The summed E-state index contributed by atoms with van der Waals surface area (Å²) in [6.45, 7) is 5.94. The standard InChI is InChI=1S/C22H28N2O2/c1-16-13-18(9-10-21(16)26-3)15-22(25)23-11-6-12-24-17(2)14-19-7-4-5-8-20(19)24/h4-5,7-10,13,17H,6,11-12,14-15H2,1-3H3,(H,23,25). The highest BCUT2D eigenvalue weighted by molar-refractivity contribution is 5.78. The van der Waals surface area contributed by atoms with Crippen LogP contribution in [0.5, 0.6) is 5.75 Å². The zero-order valence-corrected chi connectivity index (χ0v) is 15.9. The first-order valence-electron chi connectivity index (χ1n) is 9.33. The maximum Gasteiger partial charge on any atom is 0.224 e. The Balaban J connectivity index is 1.44. The minimum atomic E-state index is 0.0736. The normalized spacial score (nSPS) is 15.7. The maximum atomic E-state index is 12.2. The summed E-state index contributed by atoms with van der Waals surface area (Å²) in [6.07, 6.45) is 2.47. The molecule has 0 spiro atoms. The van der Waals surface area contributed by atoms with E-state index in [0.717, 1.165) is 36.3 Å². The molecule has 0 radical (unpaired) electrons. The van der Waals surface area contributed by atoms with Gasteiger partial charge in [0, 0.05) is 24.8 Å². The Morgan fingerprint density at radius 3 is 2.85 bits per heavy atom. The van der Waals surface area contributed by atoms with E-state index in [-0.39, 0.29) is 5.91 Å². The zero-order chi connectivity index (χ0) is 18.5. The summed E-state index contributed by atoms with van der Waals surface area (Å²) in [5.41, 5.74) is 4.85. The second kappa shape index (κ2) is 8.26. The average Bonchev–Trinajstić information content (AvgIpc) is 2.94. The number of hydrogen-bond acceptors (Lipinski definition) is 3. The van der Waals surface area contributed by atoms with Crippen LogP contribution < -0.4 is 15.0 Å². The van der Waals surface area contributed by atoms with Crippen LogP contribution in [0.3, 0.4) is 0 Å². The molecule has 1 amide bonds. The molecule has 1 N–H and O–H groups in total.